The van der Waals surface area contributed by atoms with Crippen molar-refractivity contribution in [1.29, 1.82) is 0 Å². The van der Waals surface area contributed by atoms with Crippen LogP contribution in [0, 0.1) is 0 Å². The van der Waals surface area contributed by atoms with Crippen LogP contribution in [0.4, 0.5) is 4.79 Å². The fourth-order valence-electron chi connectivity index (χ4n) is 2.04. The zero-order valence-electron chi connectivity index (χ0n) is 13.8. The molecule has 7 heteroatoms. The third-order valence-electron chi connectivity index (χ3n) is 3.35. The van der Waals surface area contributed by atoms with Crippen molar-refractivity contribution in [2.75, 3.05) is 14.2 Å². The monoisotopic (exact) mass is 342 g/mol. The fourth-order valence-corrected chi connectivity index (χ4v) is 2.04. The first-order valence-electron chi connectivity index (χ1n) is 7.47. The molecule has 0 saturated heterocycles. The number of hydrogen-bond donors (Lipinski definition) is 2. The molecule has 130 valence electrons. The SMILES string of the molecule is CNC(=O)NC(=O)[C@H](OC(=O)c1ccc(OC)cc1)c1ccccc1. The molecule has 2 N–H and O–H groups in total. The van der Waals surface area contributed by atoms with Gasteiger partial charge >= 0.3 is 12.0 Å². The third kappa shape index (κ3) is 4.81. The van der Waals surface area contributed by atoms with Crippen molar-refractivity contribution < 1.29 is 23.9 Å². The Balaban J connectivity index is 2.21. The minimum atomic E-state index is -1.26. The molecule has 1 atom stereocenters. The van der Waals surface area contributed by atoms with Crippen molar-refractivity contribution in [2.45, 2.75) is 6.10 Å². The molecule has 0 heterocycles. The van der Waals surface area contributed by atoms with Crippen LogP contribution < -0.4 is 15.4 Å². The predicted molar refractivity (Wildman–Crippen MR) is 90.2 cm³/mol. The van der Waals surface area contributed by atoms with Gasteiger partial charge in [0, 0.05) is 12.6 Å². The molecule has 25 heavy (non-hydrogen) atoms. The number of ether oxygens (including phenoxy) is 2. The molecule has 2 aromatic rings. The van der Waals surface area contributed by atoms with Crippen molar-refractivity contribution in [1.82, 2.24) is 10.6 Å². The summed E-state index contributed by atoms with van der Waals surface area (Å²) in [6, 6.07) is 14.0. The number of amides is 3. The fraction of sp³-hybridized carbons (Fsp3) is 0.167. The Morgan fingerprint density at radius 3 is 2.16 bits per heavy atom. The first kappa shape index (κ1) is 18.0. The smallest absolute Gasteiger partial charge is 0.339 e. The van der Waals surface area contributed by atoms with Crippen LogP contribution in [0.25, 0.3) is 0 Å². The van der Waals surface area contributed by atoms with Crippen molar-refractivity contribution >= 4 is 17.9 Å². The quantitative estimate of drug-likeness (QED) is 0.811. The second kappa shape index (κ2) is 8.49. The Morgan fingerprint density at radius 1 is 0.960 bits per heavy atom. The Labute approximate surface area is 144 Å². The number of esters is 1. The molecule has 0 bridgehead atoms. The molecule has 0 aromatic heterocycles. The Bertz CT molecular complexity index is 744. The maximum atomic E-state index is 12.3. The third-order valence-corrected chi connectivity index (χ3v) is 3.35. The lowest BCUT2D eigenvalue weighted by molar-refractivity contribution is -0.129. The highest BCUT2D eigenvalue weighted by molar-refractivity contribution is 5.99. The van der Waals surface area contributed by atoms with E-state index in [1.807, 2.05) is 0 Å². The van der Waals surface area contributed by atoms with E-state index in [1.165, 1.54) is 26.3 Å². The van der Waals surface area contributed by atoms with Crippen molar-refractivity contribution in [2.24, 2.45) is 0 Å². The second-order valence-electron chi connectivity index (χ2n) is 4.99. The van der Waals surface area contributed by atoms with Gasteiger partial charge in [-0.05, 0) is 24.3 Å². The van der Waals surface area contributed by atoms with Crippen LogP contribution in [0.15, 0.2) is 54.6 Å². The first-order chi connectivity index (χ1) is 12.0. The lowest BCUT2D eigenvalue weighted by atomic mass is 10.1. The first-order valence-corrected chi connectivity index (χ1v) is 7.47. The molecule has 0 fully saturated rings. The molecule has 2 rings (SSSR count). The Kier molecular flexibility index (Phi) is 6.11. The van der Waals surface area contributed by atoms with E-state index in [0.717, 1.165) is 0 Å². The second-order valence-corrected chi connectivity index (χ2v) is 4.99. The van der Waals surface area contributed by atoms with E-state index >= 15 is 0 Å². The van der Waals surface area contributed by atoms with E-state index in [9.17, 15) is 14.4 Å². The molecular formula is C18H18N2O5. The van der Waals surface area contributed by atoms with Gasteiger partial charge in [-0.25, -0.2) is 9.59 Å². The van der Waals surface area contributed by atoms with Crippen LogP contribution in [0.5, 0.6) is 5.75 Å². The van der Waals surface area contributed by atoms with Crippen molar-refractivity contribution in [3.8, 4) is 5.75 Å². The average molecular weight is 342 g/mol. The molecule has 0 aliphatic heterocycles. The molecule has 0 aliphatic rings. The number of rotatable bonds is 5. The van der Waals surface area contributed by atoms with Crippen LogP contribution in [0.3, 0.4) is 0 Å². The van der Waals surface area contributed by atoms with Gasteiger partial charge in [-0.15, -0.1) is 0 Å². The molecule has 3 amide bonds. The highest BCUT2D eigenvalue weighted by Crippen LogP contribution is 2.20. The van der Waals surface area contributed by atoms with Crippen LogP contribution >= 0.6 is 0 Å². The standard InChI is InChI=1S/C18H18N2O5/c1-19-18(23)20-16(21)15(12-6-4-3-5-7-12)25-17(22)13-8-10-14(24-2)11-9-13/h3-11,15H,1-2H3,(H2,19,20,21,23)/t15-/m1/s1. The number of imide groups is 1. The molecule has 0 unspecified atom stereocenters. The van der Waals surface area contributed by atoms with E-state index in [4.69, 9.17) is 9.47 Å². The number of benzene rings is 2. The number of urea groups is 1. The molecule has 7 nitrogen and oxygen atoms in total. The van der Waals surface area contributed by atoms with Gasteiger partial charge in [-0.2, -0.15) is 0 Å². The molecule has 0 spiro atoms. The number of methoxy groups -OCH3 is 1. The highest BCUT2D eigenvalue weighted by Gasteiger charge is 2.26. The van der Waals surface area contributed by atoms with E-state index < -0.39 is 24.0 Å². The Hall–Kier alpha value is -3.35. The van der Waals surface area contributed by atoms with E-state index in [-0.39, 0.29) is 5.56 Å². The highest BCUT2D eigenvalue weighted by atomic mass is 16.5. The molecule has 0 saturated carbocycles. The number of carbonyl (C=O) groups is 3. The molecule has 2 aromatic carbocycles. The summed E-state index contributed by atoms with van der Waals surface area (Å²) in [5.41, 5.74) is 0.709. The average Bonchev–Trinajstić information content (AvgIpc) is 2.66. The predicted octanol–water partition coefficient (Wildman–Crippen LogP) is 2.05. The molecular weight excluding hydrogens is 324 g/mol. The number of carbonyl (C=O) groups excluding carboxylic acids is 3. The summed E-state index contributed by atoms with van der Waals surface area (Å²) in [5, 5.41) is 4.39. The normalized spacial score (nSPS) is 11.1. The summed E-state index contributed by atoms with van der Waals surface area (Å²) < 4.78 is 10.4. The minimum absolute atomic E-state index is 0.259. The van der Waals surface area contributed by atoms with Gasteiger partial charge in [0.15, 0.2) is 0 Å². The summed E-state index contributed by atoms with van der Waals surface area (Å²) in [5.74, 6) is -0.843. The van der Waals surface area contributed by atoms with Gasteiger partial charge in [0.05, 0.1) is 12.7 Å². The van der Waals surface area contributed by atoms with Gasteiger partial charge in [0.1, 0.15) is 5.75 Å². The number of hydrogen-bond acceptors (Lipinski definition) is 5. The van der Waals surface area contributed by atoms with E-state index in [2.05, 4.69) is 10.6 Å². The zero-order chi connectivity index (χ0) is 18.2. The lowest BCUT2D eigenvalue weighted by Gasteiger charge is -2.17. The summed E-state index contributed by atoms with van der Waals surface area (Å²) in [6.07, 6.45) is -1.26. The summed E-state index contributed by atoms with van der Waals surface area (Å²) in [7, 11) is 2.89. The van der Waals surface area contributed by atoms with Gasteiger partial charge in [0.2, 0.25) is 6.10 Å². The Morgan fingerprint density at radius 2 is 1.60 bits per heavy atom. The van der Waals surface area contributed by atoms with Crippen molar-refractivity contribution in [3.05, 3.63) is 65.7 Å². The van der Waals surface area contributed by atoms with Crippen LogP contribution in [0.2, 0.25) is 0 Å². The summed E-state index contributed by atoms with van der Waals surface area (Å²) >= 11 is 0. The van der Waals surface area contributed by atoms with Gasteiger partial charge in [-0.1, -0.05) is 30.3 Å². The van der Waals surface area contributed by atoms with Crippen LogP contribution in [-0.4, -0.2) is 32.1 Å². The maximum Gasteiger partial charge on any atom is 0.339 e. The summed E-state index contributed by atoms with van der Waals surface area (Å²) in [6.45, 7) is 0. The van der Waals surface area contributed by atoms with Crippen molar-refractivity contribution in [3.63, 3.8) is 0 Å². The van der Waals surface area contributed by atoms with Gasteiger partial charge < -0.3 is 14.8 Å². The molecule has 0 aliphatic carbocycles. The van der Waals surface area contributed by atoms with Gasteiger partial charge in [0.25, 0.3) is 5.91 Å². The maximum absolute atomic E-state index is 12.3. The topological polar surface area (TPSA) is 93.7 Å². The van der Waals surface area contributed by atoms with E-state index in [0.29, 0.717) is 11.3 Å². The van der Waals surface area contributed by atoms with Gasteiger partial charge in [-0.3, -0.25) is 10.1 Å². The zero-order valence-corrected chi connectivity index (χ0v) is 13.8. The number of nitrogens with one attached hydrogen (secondary N) is 2. The molecule has 0 radical (unpaired) electrons. The largest absolute Gasteiger partial charge is 0.497 e. The lowest BCUT2D eigenvalue weighted by Crippen LogP contribution is -2.41. The van der Waals surface area contributed by atoms with Crippen LogP contribution in [0.1, 0.15) is 22.0 Å². The minimum Gasteiger partial charge on any atom is -0.497 e. The van der Waals surface area contributed by atoms with Crippen LogP contribution in [-0.2, 0) is 9.53 Å². The summed E-state index contributed by atoms with van der Waals surface area (Å²) in [4.78, 5) is 36.0. The van der Waals surface area contributed by atoms with E-state index in [1.54, 1.807) is 42.5 Å².